The zero-order valence-corrected chi connectivity index (χ0v) is 16.2. The van der Waals surface area contributed by atoms with Crippen molar-refractivity contribution in [3.63, 3.8) is 0 Å². The molecule has 4 rings (SSSR count). The summed E-state index contributed by atoms with van der Waals surface area (Å²) < 4.78 is 46.2. The average Bonchev–Trinajstić information content (AvgIpc) is 3.08. The first-order valence-corrected chi connectivity index (χ1v) is 9.34. The highest BCUT2D eigenvalue weighted by Gasteiger charge is 2.31. The average molecular weight is 441 g/mol. The van der Waals surface area contributed by atoms with Gasteiger partial charge < -0.3 is 19.5 Å². The lowest BCUT2D eigenvalue weighted by Crippen LogP contribution is -2.30. The number of fused-ring (bicyclic) bond motifs is 1. The summed E-state index contributed by atoms with van der Waals surface area (Å²) in [5, 5.41) is 24.0. The van der Waals surface area contributed by atoms with Crippen LogP contribution in [-0.4, -0.2) is 33.2 Å². The van der Waals surface area contributed by atoms with Crippen LogP contribution in [0.2, 0.25) is 5.02 Å². The molecule has 0 aliphatic carbocycles. The minimum atomic E-state index is -4.72. The van der Waals surface area contributed by atoms with Gasteiger partial charge >= 0.3 is 6.36 Å². The number of rotatable bonds is 4. The molecule has 30 heavy (non-hydrogen) atoms. The van der Waals surface area contributed by atoms with Crippen molar-refractivity contribution in [2.75, 3.05) is 6.54 Å². The number of aromatic nitrogens is 1. The summed E-state index contributed by atoms with van der Waals surface area (Å²) in [6.07, 6.45) is -4.11. The van der Waals surface area contributed by atoms with Crippen molar-refractivity contribution in [1.82, 2.24) is 10.1 Å². The molecule has 3 aromatic rings. The molecule has 0 amide bonds. The van der Waals surface area contributed by atoms with E-state index in [-0.39, 0.29) is 22.3 Å². The molecule has 0 atom stereocenters. The molecule has 0 unspecified atom stereocenters. The quantitative estimate of drug-likeness (QED) is 0.603. The highest BCUT2D eigenvalue weighted by atomic mass is 35.5. The van der Waals surface area contributed by atoms with Gasteiger partial charge in [0.2, 0.25) is 0 Å². The van der Waals surface area contributed by atoms with Gasteiger partial charge in [-0.05, 0) is 23.8 Å². The Hall–Kier alpha value is -2.91. The van der Waals surface area contributed by atoms with Crippen LogP contribution in [0.5, 0.6) is 17.2 Å². The van der Waals surface area contributed by atoms with Gasteiger partial charge in [-0.25, -0.2) is 0 Å². The Kier molecular flexibility index (Phi) is 5.25. The van der Waals surface area contributed by atoms with E-state index in [9.17, 15) is 23.4 Å². The van der Waals surface area contributed by atoms with E-state index < -0.39 is 6.36 Å². The van der Waals surface area contributed by atoms with E-state index in [0.717, 1.165) is 22.9 Å². The van der Waals surface area contributed by atoms with Gasteiger partial charge in [-0.1, -0.05) is 28.9 Å². The van der Waals surface area contributed by atoms with Crippen molar-refractivity contribution in [2.45, 2.75) is 25.9 Å². The van der Waals surface area contributed by atoms with Crippen LogP contribution in [0.3, 0.4) is 0 Å². The van der Waals surface area contributed by atoms with Crippen molar-refractivity contribution in [1.29, 1.82) is 0 Å². The molecule has 0 saturated carbocycles. The largest absolute Gasteiger partial charge is 0.573 e. The van der Waals surface area contributed by atoms with Crippen molar-refractivity contribution in [3.8, 4) is 28.6 Å². The third kappa shape index (κ3) is 4.31. The molecule has 10 heteroatoms. The van der Waals surface area contributed by atoms with Gasteiger partial charge in [0, 0.05) is 37.7 Å². The van der Waals surface area contributed by atoms with Crippen molar-refractivity contribution < 1.29 is 32.6 Å². The summed E-state index contributed by atoms with van der Waals surface area (Å²) in [6.45, 7) is 1.65. The molecular formula is C20H16ClF3N2O4. The van der Waals surface area contributed by atoms with E-state index in [1.807, 2.05) is 0 Å². The first-order chi connectivity index (χ1) is 14.2. The number of hydrogen-bond donors (Lipinski definition) is 2. The van der Waals surface area contributed by atoms with Gasteiger partial charge in [0.15, 0.2) is 5.76 Å². The predicted octanol–water partition coefficient (Wildman–Crippen LogP) is 4.86. The molecule has 0 spiro atoms. The first-order valence-electron chi connectivity index (χ1n) is 8.96. The topological polar surface area (TPSA) is 79.0 Å². The molecule has 1 aromatic heterocycles. The number of phenolic OH excluding ortho intramolecular Hbond substituents is 2. The number of ether oxygens (including phenoxy) is 1. The number of alkyl halides is 3. The monoisotopic (exact) mass is 440 g/mol. The molecule has 2 N–H and O–H groups in total. The maximum atomic E-state index is 12.3. The molecule has 1 aliphatic rings. The Bertz CT molecular complexity index is 1070. The second-order valence-electron chi connectivity index (χ2n) is 6.91. The lowest BCUT2D eigenvalue weighted by Gasteiger charge is -2.26. The SMILES string of the molecule is Oc1cc(O)c(-c2onc3c2CN(Cc2ccc(OC(F)(F)F)cc2)CC3)cc1Cl. The normalized spacial score (nSPS) is 14.5. The summed E-state index contributed by atoms with van der Waals surface area (Å²) in [4.78, 5) is 2.09. The number of benzene rings is 2. The van der Waals surface area contributed by atoms with Gasteiger partial charge in [-0.15, -0.1) is 13.2 Å². The third-order valence-corrected chi connectivity index (χ3v) is 5.09. The zero-order chi connectivity index (χ0) is 21.5. The molecule has 1 aliphatic heterocycles. The van der Waals surface area contributed by atoms with Crippen LogP contribution in [-0.2, 0) is 19.5 Å². The van der Waals surface area contributed by atoms with Crippen LogP contribution < -0.4 is 4.74 Å². The maximum absolute atomic E-state index is 12.3. The molecule has 6 nitrogen and oxygen atoms in total. The van der Waals surface area contributed by atoms with E-state index in [1.165, 1.54) is 18.2 Å². The highest BCUT2D eigenvalue weighted by molar-refractivity contribution is 6.32. The number of aromatic hydroxyl groups is 2. The Balaban J connectivity index is 1.52. The van der Waals surface area contributed by atoms with Gasteiger partial charge in [-0.3, -0.25) is 4.90 Å². The number of hydrogen-bond acceptors (Lipinski definition) is 6. The Morgan fingerprint density at radius 3 is 2.57 bits per heavy atom. The summed E-state index contributed by atoms with van der Waals surface area (Å²) in [6, 6.07) is 8.26. The van der Waals surface area contributed by atoms with Crippen LogP contribution >= 0.6 is 11.6 Å². The fourth-order valence-electron chi connectivity index (χ4n) is 3.40. The van der Waals surface area contributed by atoms with Crippen LogP contribution in [0, 0.1) is 0 Å². The summed E-state index contributed by atoms with van der Waals surface area (Å²) in [5.41, 5.74) is 2.69. The van der Waals surface area contributed by atoms with E-state index in [1.54, 1.807) is 12.1 Å². The van der Waals surface area contributed by atoms with E-state index >= 15 is 0 Å². The lowest BCUT2D eigenvalue weighted by atomic mass is 10.0. The van der Waals surface area contributed by atoms with Gasteiger partial charge in [0.05, 0.1) is 16.3 Å². The maximum Gasteiger partial charge on any atom is 0.573 e. The van der Waals surface area contributed by atoms with Gasteiger partial charge in [0.25, 0.3) is 0 Å². The molecule has 0 saturated heterocycles. The first kappa shape index (κ1) is 20.4. The van der Waals surface area contributed by atoms with Crippen LogP contribution in [0.25, 0.3) is 11.3 Å². The number of halogens is 4. The summed E-state index contributed by atoms with van der Waals surface area (Å²) in [5.74, 6) is -0.338. The predicted molar refractivity (Wildman–Crippen MR) is 101 cm³/mol. The van der Waals surface area contributed by atoms with Crippen molar-refractivity contribution in [3.05, 3.63) is 58.2 Å². The molecule has 0 bridgehead atoms. The minimum absolute atomic E-state index is 0.0711. The van der Waals surface area contributed by atoms with Gasteiger partial charge in [0.1, 0.15) is 17.2 Å². The summed E-state index contributed by atoms with van der Waals surface area (Å²) >= 11 is 5.96. The Morgan fingerprint density at radius 2 is 1.87 bits per heavy atom. The summed E-state index contributed by atoms with van der Waals surface area (Å²) in [7, 11) is 0. The lowest BCUT2D eigenvalue weighted by molar-refractivity contribution is -0.274. The zero-order valence-electron chi connectivity index (χ0n) is 15.4. The fourth-order valence-corrected chi connectivity index (χ4v) is 3.57. The molecule has 158 valence electrons. The second-order valence-corrected chi connectivity index (χ2v) is 7.32. The molecular weight excluding hydrogens is 425 g/mol. The van der Waals surface area contributed by atoms with Crippen molar-refractivity contribution >= 4 is 11.6 Å². The Morgan fingerprint density at radius 1 is 1.13 bits per heavy atom. The number of phenols is 2. The fraction of sp³-hybridized carbons (Fsp3) is 0.250. The van der Waals surface area contributed by atoms with E-state index in [2.05, 4.69) is 14.8 Å². The molecule has 0 fully saturated rings. The minimum Gasteiger partial charge on any atom is -0.507 e. The Labute approximate surface area is 174 Å². The van der Waals surface area contributed by atoms with Gasteiger partial charge in [-0.2, -0.15) is 0 Å². The second kappa shape index (κ2) is 7.73. The van der Waals surface area contributed by atoms with Crippen LogP contribution in [0.4, 0.5) is 13.2 Å². The third-order valence-electron chi connectivity index (χ3n) is 4.79. The van der Waals surface area contributed by atoms with E-state index in [0.29, 0.717) is 37.4 Å². The standard InChI is InChI=1S/C20H16ClF3N2O4/c21-15-7-13(17(27)8-18(15)28)19-14-10-26(6-5-16(14)25-30-19)9-11-1-3-12(4-2-11)29-20(22,23)24/h1-4,7-8,27-28H,5-6,9-10H2. The molecule has 2 heterocycles. The van der Waals surface area contributed by atoms with Crippen molar-refractivity contribution in [2.24, 2.45) is 0 Å². The van der Waals surface area contributed by atoms with E-state index in [4.69, 9.17) is 16.1 Å². The number of nitrogens with zero attached hydrogens (tertiary/aromatic N) is 2. The highest BCUT2D eigenvalue weighted by Crippen LogP contribution is 2.40. The molecule has 2 aromatic carbocycles. The smallest absolute Gasteiger partial charge is 0.507 e. The van der Waals surface area contributed by atoms with Crippen LogP contribution in [0.15, 0.2) is 40.9 Å². The molecule has 0 radical (unpaired) electrons. The van der Waals surface area contributed by atoms with Crippen LogP contribution in [0.1, 0.15) is 16.8 Å².